The number of hydrogen-bond acceptors (Lipinski definition) is 4. The number of amides is 1. The number of halogens is 2. The zero-order valence-corrected chi connectivity index (χ0v) is 14.3. The van der Waals surface area contributed by atoms with Crippen LogP contribution in [-0.4, -0.2) is 22.8 Å². The SMILES string of the molecule is C[C@@H]1C/C(=N\NC(=O)[C@@H](C)Oc2ccc(F)cc2)c2c(O)ccc(F)c21. The van der Waals surface area contributed by atoms with Crippen molar-refractivity contribution < 1.29 is 23.4 Å². The molecule has 0 saturated carbocycles. The van der Waals surface area contributed by atoms with Crippen LogP contribution in [-0.2, 0) is 4.79 Å². The third-order valence-electron chi connectivity index (χ3n) is 4.25. The number of benzene rings is 2. The number of aromatic hydroxyl groups is 1. The molecule has 2 N–H and O–H groups in total. The second-order valence-corrected chi connectivity index (χ2v) is 6.21. The van der Waals surface area contributed by atoms with Crippen molar-refractivity contribution in [1.82, 2.24) is 5.43 Å². The maximum Gasteiger partial charge on any atom is 0.280 e. The Bertz CT molecular complexity index is 866. The van der Waals surface area contributed by atoms with Gasteiger partial charge in [0.2, 0.25) is 0 Å². The van der Waals surface area contributed by atoms with E-state index in [4.69, 9.17) is 4.74 Å². The van der Waals surface area contributed by atoms with E-state index in [-0.39, 0.29) is 11.7 Å². The van der Waals surface area contributed by atoms with Crippen LogP contribution in [0.5, 0.6) is 11.5 Å². The van der Waals surface area contributed by atoms with Gasteiger partial charge in [-0.3, -0.25) is 4.79 Å². The van der Waals surface area contributed by atoms with Gasteiger partial charge in [0, 0.05) is 11.1 Å². The van der Waals surface area contributed by atoms with Crippen molar-refractivity contribution in [2.24, 2.45) is 5.10 Å². The molecule has 2 atom stereocenters. The molecule has 1 aliphatic carbocycles. The van der Waals surface area contributed by atoms with Crippen molar-refractivity contribution in [3.05, 3.63) is 59.2 Å². The lowest BCUT2D eigenvalue weighted by molar-refractivity contribution is -0.127. The summed E-state index contributed by atoms with van der Waals surface area (Å²) in [5, 5.41) is 14.1. The van der Waals surface area contributed by atoms with Gasteiger partial charge in [-0.25, -0.2) is 14.2 Å². The van der Waals surface area contributed by atoms with E-state index >= 15 is 0 Å². The second-order valence-electron chi connectivity index (χ2n) is 6.21. The molecule has 0 heterocycles. The monoisotopic (exact) mass is 360 g/mol. The van der Waals surface area contributed by atoms with Gasteiger partial charge in [0.25, 0.3) is 5.91 Å². The van der Waals surface area contributed by atoms with Crippen molar-refractivity contribution in [3.63, 3.8) is 0 Å². The third kappa shape index (κ3) is 3.51. The van der Waals surface area contributed by atoms with Gasteiger partial charge in [-0.2, -0.15) is 5.10 Å². The van der Waals surface area contributed by atoms with Gasteiger partial charge in [-0.15, -0.1) is 0 Å². The van der Waals surface area contributed by atoms with E-state index < -0.39 is 23.6 Å². The Morgan fingerprint density at radius 1 is 1.27 bits per heavy atom. The molecule has 7 heteroatoms. The number of nitrogens with one attached hydrogen (secondary N) is 1. The fourth-order valence-electron chi connectivity index (χ4n) is 2.95. The lowest BCUT2D eigenvalue weighted by Crippen LogP contribution is -2.34. The number of hydrazone groups is 1. The molecule has 2 aromatic rings. The summed E-state index contributed by atoms with van der Waals surface area (Å²) >= 11 is 0. The highest BCUT2D eigenvalue weighted by Gasteiger charge is 2.31. The van der Waals surface area contributed by atoms with Crippen LogP contribution >= 0.6 is 0 Å². The lowest BCUT2D eigenvalue weighted by atomic mass is 10.0. The van der Waals surface area contributed by atoms with Gasteiger partial charge in [0.05, 0.1) is 5.71 Å². The predicted molar refractivity (Wildman–Crippen MR) is 92.3 cm³/mol. The molecule has 3 rings (SSSR count). The van der Waals surface area contributed by atoms with E-state index in [1.165, 1.54) is 43.3 Å². The summed E-state index contributed by atoms with van der Waals surface area (Å²) < 4.78 is 32.3. The molecule has 0 unspecified atom stereocenters. The van der Waals surface area contributed by atoms with Crippen LogP contribution < -0.4 is 10.2 Å². The van der Waals surface area contributed by atoms with Crippen molar-refractivity contribution in [2.75, 3.05) is 0 Å². The van der Waals surface area contributed by atoms with Gasteiger partial charge in [0.1, 0.15) is 23.1 Å². The molecular formula is C19H18F2N2O3. The summed E-state index contributed by atoms with van der Waals surface area (Å²) in [4.78, 5) is 12.2. The average molecular weight is 360 g/mol. The number of ether oxygens (including phenoxy) is 1. The molecule has 26 heavy (non-hydrogen) atoms. The summed E-state index contributed by atoms with van der Waals surface area (Å²) in [6, 6.07) is 7.78. The first-order valence-electron chi connectivity index (χ1n) is 8.17. The number of phenolic OH excluding ortho intramolecular Hbond substituents is 1. The number of carbonyl (C=O) groups is 1. The normalized spacial score (nSPS) is 18.5. The highest BCUT2D eigenvalue weighted by molar-refractivity contribution is 6.07. The van der Waals surface area contributed by atoms with Gasteiger partial charge >= 0.3 is 0 Å². The van der Waals surface area contributed by atoms with Crippen LogP contribution in [0.15, 0.2) is 41.5 Å². The van der Waals surface area contributed by atoms with Crippen LogP contribution in [0.25, 0.3) is 0 Å². The minimum atomic E-state index is -0.871. The zero-order valence-electron chi connectivity index (χ0n) is 14.3. The molecule has 0 bridgehead atoms. The summed E-state index contributed by atoms with van der Waals surface area (Å²) in [5.74, 6) is -1.20. The highest BCUT2D eigenvalue weighted by atomic mass is 19.1. The van der Waals surface area contributed by atoms with Crippen LogP contribution in [0.1, 0.15) is 37.3 Å². The molecule has 1 aliphatic rings. The quantitative estimate of drug-likeness (QED) is 0.821. The van der Waals surface area contributed by atoms with Crippen molar-refractivity contribution in [3.8, 4) is 11.5 Å². The van der Waals surface area contributed by atoms with Crippen LogP contribution in [0.4, 0.5) is 8.78 Å². The number of fused-ring (bicyclic) bond motifs is 1. The maximum atomic E-state index is 14.0. The van der Waals surface area contributed by atoms with Gasteiger partial charge in [-0.05, 0) is 55.7 Å². The molecule has 0 spiro atoms. The largest absolute Gasteiger partial charge is 0.507 e. The Morgan fingerprint density at radius 2 is 1.96 bits per heavy atom. The number of hydrogen-bond donors (Lipinski definition) is 2. The molecule has 2 aromatic carbocycles. The average Bonchev–Trinajstić information content (AvgIpc) is 2.95. The molecule has 0 aliphatic heterocycles. The third-order valence-corrected chi connectivity index (χ3v) is 4.25. The molecule has 136 valence electrons. The summed E-state index contributed by atoms with van der Waals surface area (Å²) in [6.45, 7) is 3.35. The van der Waals surface area contributed by atoms with Crippen molar-refractivity contribution in [1.29, 1.82) is 0 Å². The van der Waals surface area contributed by atoms with Crippen molar-refractivity contribution in [2.45, 2.75) is 32.3 Å². The van der Waals surface area contributed by atoms with Crippen LogP contribution in [0.3, 0.4) is 0 Å². The van der Waals surface area contributed by atoms with E-state index in [0.29, 0.717) is 29.0 Å². The maximum absolute atomic E-state index is 14.0. The van der Waals surface area contributed by atoms with E-state index in [1.54, 1.807) is 0 Å². The van der Waals surface area contributed by atoms with E-state index in [0.717, 1.165) is 0 Å². The minimum absolute atomic E-state index is 0.0747. The number of carbonyl (C=O) groups excluding carboxylic acids is 1. The topological polar surface area (TPSA) is 70.9 Å². The molecule has 0 saturated heterocycles. The van der Waals surface area contributed by atoms with E-state index in [2.05, 4.69) is 10.5 Å². The second kappa shape index (κ2) is 7.11. The lowest BCUT2D eigenvalue weighted by Gasteiger charge is -2.13. The van der Waals surface area contributed by atoms with E-state index in [1.807, 2.05) is 6.92 Å². The first-order chi connectivity index (χ1) is 12.4. The first kappa shape index (κ1) is 17.8. The summed E-state index contributed by atoms with van der Waals surface area (Å²) in [6.07, 6.45) is -0.471. The molecule has 5 nitrogen and oxygen atoms in total. The molecule has 0 fully saturated rings. The van der Waals surface area contributed by atoms with Crippen LogP contribution in [0.2, 0.25) is 0 Å². The Morgan fingerprint density at radius 3 is 2.65 bits per heavy atom. The molecular weight excluding hydrogens is 342 g/mol. The first-order valence-corrected chi connectivity index (χ1v) is 8.17. The van der Waals surface area contributed by atoms with Gasteiger partial charge in [0.15, 0.2) is 6.10 Å². The van der Waals surface area contributed by atoms with Crippen LogP contribution in [0, 0.1) is 11.6 Å². The molecule has 0 radical (unpaired) electrons. The number of phenols is 1. The van der Waals surface area contributed by atoms with Gasteiger partial charge < -0.3 is 9.84 Å². The summed E-state index contributed by atoms with van der Waals surface area (Å²) in [5.41, 5.74) is 3.51. The Labute approximate surface area is 149 Å². The zero-order chi connectivity index (χ0) is 18.8. The Hall–Kier alpha value is -2.96. The number of nitrogens with zero attached hydrogens (tertiary/aromatic N) is 1. The molecule has 0 aromatic heterocycles. The Balaban J connectivity index is 1.72. The Kier molecular flexibility index (Phi) is 4.88. The molecule has 1 amide bonds. The van der Waals surface area contributed by atoms with E-state index in [9.17, 15) is 18.7 Å². The number of rotatable bonds is 4. The van der Waals surface area contributed by atoms with Gasteiger partial charge in [-0.1, -0.05) is 6.92 Å². The fraction of sp³-hybridized carbons (Fsp3) is 0.263. The van der Waals surface area contributed by atoms with Crippen molar-refractivity contribution >= 4 is 11.6 Å². The standard InChI is InChI=1S/C19H18F2N2O3/c1-10-9-15(18-16(24)8-7-14(21)17(10)18)22-23-19(25)11(2)26-13-5-3-12(20)4-6-13/h3-8,10-11,24H,9H2,1-2H3,(H,23,25)/b22-15+/t10-,11-/m1/s1. The highest BCUT2D eigenvalue weighted by Crippen LogP contribution is 2.39. The summed E-state index contributed by atoms with van der Waals surface area (Å²) in [7, 11) is 0. The minimum Gasteiger partial charge on any atom is -0.507 e. The smallest absolute Gasteiger partial charge is 0.280 e. The fourth-order valence-corrected chi connectivity index (χ4v) is 2.95. The predicted octanol–water partition coefficient (Wildman–Crippen LogP) is 3.47.